The number of rotatable bonds is 5. The van der Waals surface area contributed by atoms with Gasteiger partial charge in [-0.15, -0.1) is 10.2 Å². The Hall–Kier alpha value is -1.20. The predicted molar refractivity (Wildman–Crippen MR) is 75.2 cm³/mol. The first-order valence-electron chi connectivity index (χ1n) is 5.78. The van der Waals surface area contributed by atoms with E-state index in [9.17, 15) is 0 Å². The Morgan fingerprint density at radius 3 is 2.83 bits per heavy atom. The monoisotopic (exact) mass is 282 g/mol. The Kier molecular flexibility index (Phi) is 4.49. The van der Waals surface area contributed by atoms with Crippen molar-refractivity contribution in [3.63, 3.8) is 0 Å². The molecule has 18 heavy (non-hydrogen) atoms. The number of hydrogen-bond acceptors (Lipinski definition) is 4. The maximum atomic E-state index is 6.10. The van der Waals surface area contributed by atoms with E-state index in [1.807, 2.05) is 24.3 Å². The second-order valence-corrected chi connectivity index (χ2v) is 5.25. The maximum Gasteiger partial charge on any atom is 0.210 e. The smallest absolute Gasteiger partial charge is 0.210 e. The molecule has 4 nitrogen and oxygen atoms in total. The van der Waals surface area contributed by atoms with Crippen molar-refractivity contribution in [2.45, 2.75) is 30.7 Å². The lowest BCUT2D eigenvalue weighted by Gasteiger charge is -2.04. The third kappa shape index (κ3) is 2.97. The summed E-state index contributed by atoms with van der Waals surface area (Å²) in [5.74, 6) is 7.49. The highest BCUT2D eigenvalue weighted by Crippen LogP contribution is 2.25. The van der Waals surface area contributed by atoms with Gasteiger partial charge in [0, 0.05) is 17.2 Å². The molecule has 1 aromatic heterocycles. The maximum absolute atomic E-state index is 6.10. The quantitative estimate of drug-likeness (QED) is 0.677. The van der Waals surface area contributed by atoms with Gasteiger partial charge in [-0.3, -0.25) is 0 Å². The molecular weight excluding hydrogens is 268 g/mol. The van der Waals surface area contributed by atoms with Crippen LogP contribution < -0.4 is 5.84 Å². The summed E-state index contributed by atoms with van der Waals surface area (Å²) >= 11 is 7.64. The fourth-order valence-electron chi connectivity index (χ4n) is 1.56. The van der Waals surface area contributed by atoms with Gasteiger partial charge >= 0.3 is 0 Å². The van der Waals surface area contributed by atoms with Crippen molar-refractivity contribution in [2.75, 3.05) is 5.84 Å². The van der Waals surface area contributed by atoms with Crippen LogP contribution >= 0.6 is 23.4 Å². The van der Waals surface area contributed by atoms with E-state index in [0.717, 1.165) is 40.2 Å². The van der Waals surface area contributed by atoms with Gasteiger partial charge in [0.2, 0.25) is 5.16 Å². The number of nitrogens with zero attached hydrogens (tertiary/aromatic N) is 3. The summed E-state index contributed by atoms with van der Waals surface area (Å²) in [7, 11) is 0. The van der Waals surface area contributed by atoms with Crippen LogP contribution in [0.15, 0.2) is 29.4 Å². The van der Waals surface area contributed by atoms with Gasteiger partial charge in [0.1, 0.15) is 0 Å². The second kappa shape index (κ2) is 6.11. The molecule has 0 aliphatic rings. The van der Waals surface area contributed by atoms with E-state index in [1.165, 1.54) is 0 Å². The molecule has 0 radical (unpaired) electrons. The number of thioether (sulfide) groups is 1. The van der Waals surface area contributed by atoms with E-state index in [0.29, 0.717) is 0 Å². The minimum Gasteiger partial charge on any atom is -0.336 e. The van der Waals surface area contributed by atoms with E-state index < -0.39 is 0 Å². The average Bonchev–Trinajstić information content (AvgIpc) is 2.71. The molecule has 1 aromatic carbocycles. The van der Waals surface area contributed by atoms with E-state index in [1.54, 1.807) is 16.4 Å². The fourth-order valence-corrected chi connectivity index (χ4v) is 2.72. The van der Waals surface area contributed by atoms with Crippen LogP contribution in [0.2, 0.25) is 5.02 Å². The topological polar surface area (TPSA) is 56.7 Å². The molecule has 1 heterocycles. The SMILES string of the molecule is CCCc1nnc(SCc2ccccc2Cl)n1N. The van der Waals surface area contributed by atoms with Gasteiger partial charge in [-0.25, -0.2) is 4.68 Å². The summed E-state index contributed by atoms with van der Waals surface area (Å²) in [6.07, 6.45) is 1.85. The highest BCUT2D eigenvalue weighted by molar-refractivity contribution is 7.98. The Morgan fingerprint density at radius 1 is 1.33 bits per heavy atom. The standard InChI is InChI=1S/C12H15ClN4S/c1-2-5-11-15-16-12(17(11)14)18-8-9-6-3-4-7-10(9)13/h3-4,6-7H,2,5,8,14H2,1H3. The van der Waals surface area contributed by atoms with Crippen molar-refractivity contribution in [3.8, 4) is 0 Å². The van der Waals surface area contributed by atoms with Crippen LogP contribution in [0, 0.1) is 0 Å². The van der Waals surface area contributed by atoms with Gasteiger partial charge in [-0.05, 0) is 18.1 Å². The van der Waals surface area contributed by atoms with Gasteiger partial charge in [0.15, 0.2) is 5.82 Å². The summed E-state index contributed by atoms with van der Waals surface area (Å²) in [5, 5.41) is 9.65. The summed E-state index contributed by atoms with van der Waals surface area (Å²) in [5.41, 5.74) is 1.07. The summed E-state index contributed by atoms with van der Waals surface area (Å²) in [6, 6.07) is 7.77. The van der Waals surface area contributed by atoms with Crippen molar-refractivity contribution in [1.29, 1.82) is 0 Å². The Labute approximate surface area is 116 Å². The van der Waals surface area contributed by atoms with Crippen LogP contribution in [-0.4, -0.2) is 14.9 Å². The average molecular weight is 283 g/mol. The molecule has 0 saturated carbocycles. The molecule has 2 rings (SSSR count). The zero-order chi connectivity index (χ0) is 13.0. The highest BCUT2D eigenvalue weighted by Gasteiger charge is 2.10. The first-order valence-corrected chi connectivity index (χ1v) is 7.14. The van der Waals surface area contributed by atoms with Crippen molar-refractivity contribution < 1.29 is 0 Å². The third-order valence-corrected chi connectivity index (χ3v) is 3.88. The molecule has 96 valence electrons. The fraction of sp³-hybridized carbons (Fsp3) is 0.333. The molecule has 6 heteroatoms. The molecule has 0 spiro atoms. The molecule has 2 aromatic rings. The number of hydrogen-bond donors (Lipinski definition) is 1. The molecule has 0 amide bonds. The zero-order valence-corrected chi connectivity index (χ0v) is 11.7. The minimum atomic E-state index is 0.721. The molecule has 0 fully saturated rings. The number of nitrogen functional groups attached to an aromatic ring is 1. The second-order valence-electron chi connectivity index (χ2n) is 3.90. The summed E-state index contributed by atoms with van der Waals surface area (Å²) in [4.78, 5) is 0. The molecule has 0 atom stereocenters. The Bertz CT molecular complexity index is 527. The molecule has 0 saturated heterocycles. The molecule has 0 bridgehead atoms. The van der Waals surface area contributed by atoms with Crippen LogP contribution in [0.3, 0.4) is 0 Å². The number of benzene rings is 1. The molecule has 0 aliphatic carbocycles. The van der Waals surface area contributed by atoms with E-state index in [4.69, 9.17) is 17.4 Å². The molecular formula is C12H15ClN4S. The summed E-state index contributed by atoms with van der Waals surface area (Å²) < 4.78 is 1.56. The van der Waals surface area contributed by atoms with Gasteiger partial charge in [-0.1, -0.05) is 48.5 Å². The van der Waals surface area contributed by atoms with E-state index in [-0.39, 0.29) is 0 Å². The lowest BCUT2D eigenvalue weighted by Crippen LogP contribution is -2.13. The minimum absolute atomic E-state index is 0.721. The van der Waals surface area contributed by atoms with E-state index >= 15 is 0 Å². The van der Waals surface area contributed by atoms with Crippen LogP contribution in [0.25, 0.3) is 0 Å². The first-order chi connectivity index (χ1) is 8.72. The number of aryl methyl sites for hydroxylation is 1. The van der Waals surface area contributed by atoms with Crippen molar-refractivity contribution in [3.05, 3.63) is 40.7 Å². The largest absolute Gasteiger partial charge is 0.336 e. The van der Waals surface area contributed by atoms with Crippen molar-refractivity contribution in [1.82, 2.24) is 14.9 Å². The summed E-state index contributed by atoms with van der Waals surface area (Å²) in [6.45, 7) is 2.09. The van der Waals surface area contributed by atoms with Crippen LogP contribution in [-0.2, 0) is 12.2 Å². The Morgan fingerprint density at radius 2 is 2.11 bits per heavy atom. The number of nitrogens with two attached hydrogens (primary N) is 1. The number of halogens is 1. The first kappa shape index (κ1) is 13.2. The lowest BCUT2D eigenvalue weighted by atomic mass is 10.2. The normalized spacial score (nSPS) is 10.8. The third-order valence-electron chi connectivity index (χ3n) is 2.52. The van der Waals surface area contributed by atoms with Gasteiger partial charge in [-0.2, -0.15) is 0 Å². The van der Waals surface area contributed by atoms with Crippen molar-refractivity contribution in [2.24, 2.45) is 0 Å². The van der Waals surface area contributed by atoms with Gasteiger partial charge in [0.25, 0.3) is 0 Å². The van der Waals surface area contributed by atoms with Crippen molar-refractivity contribution >= 4 is 23.4 Å². The Balaban J connectivity index is 2.05. The van der Waals surface area contributed by atoms with Crippen LogP contribution in [0.4, 0.5) is 0 Å². The zero-order valence-electron chi connectivity index (χ0n) is 10.1. The van der Waals surface area contributed by atoms with Crippen LogP contribution in [0.5, 0.6) is 0 Å². The molecule has 0 aliphatic heterocycles. The van der Waals surface area contributed by atoms with E-state index in [2.05, 4.69) is 17.1 Å². The number of aromatic nitrogens is 3. The van der Waals surface area contributed by atoms with Gasteiger partial charge < -0.3 is 5.84 Å². The molecule has 2 N–H and O–H groups in total. The molecule has 0 unspecified atom stereocenters. The predicted octanol–water partition coefficient (Wildman–Crippen LogP) is 2.89. The van der Waals surface area contributed by atoms with Crippen LogP contribution in [0.1, 0.15) is 24.7 Å². The van der Waals surface area contributed by atoms with Gasteiger partial charge in [0.05, 0.1) is 0 Å². The lowest BCUT2D eigenvalue weighted by molar-refractivity contribution is 0.757. The highest BCUT2D eigenvalue weighted by atomic mass is 35.5.